The van der Waals surface area contributed by atoms with Crippen LogP contribution < -0.4 is 4.90 Å². The number of carbonyl (C=O) groups is 1. The van der Waals surface area contributed by atoms with Crippen molar-refractivity contribution >= 4 is 21.6 Å². The van der Waals surface area contributed by atoms with Gasteiger partial charge in [0.25, 0.3) is 5.91 Å². The number of hydrogen-bond acceptors (Lipinski definition) is 5. The predicted molar refractivity (Wildman–Crippen MR) is 113 cm³/mol. The van der Waals surface area contributed by atoms with E-state index >= 15 is 0 Å². The molecule has 0 bridgehead atoms. The van der Waals surface area contributed by atoms with Gasteiger partial charge in [-0.25, -0.2) is 12.7 Å². The van der Waals surface area contributed by atoms with Gasteiger partial charge in [-0.15, -0.1) is 0 Å². The summed E-state index contributed by atoms with van der Waals surface area (Å²) >= 11 is 0. The number of nitrogens with zero attached hydrogens (tertiary/aromatic N) is 3. The summed E-state index contributed by atoms with van der Waals surface area (Å²) in [6.45, 7) is 3.90. The molecule has 0 unspecified atom stereocenters. The second-order valence-electron chi connectivity index (χ2n) is 7.69. The summed E-state index contributed by atoms with van der Waals surface area (Å²) in [4.78, 5) is 17.2. The first kappa shape index (κ1) is 21.4. The molecule has 1 aromatic heterocycles. The highest BCUT2D eigenvalue weighted by atomic mass is 32.2. The number of rotatable bonds is 6. The Morgan fingerprint density at radius 2 is 1.76 bits per heavy atom. The topological polar surface area (TPSA) is 74.1 Å². The van der Waals surface area contributed by atoms with Crippen LogP contribution in [-0.4, -0.2) is 57.8 Å². The highest BCUT2D eigenvalue weighted by molar-refractivity contribution is 7.89. The van der Waals surface area contributed by atoms with Gasteiger partial charge in [0.15, 0.2) is 0 Å². The molecule has 29 heavy (non-hydrogen) atoms. The van der Waals surface area contributed by atoms with Crippen LogP contribution in [0.3, 0.4) is 0 Å². The molecule has 0 N–H and O–H groups in total. The maximum atomic E-state index is 13.3. The van der Waals surface area contributed by atoms with Crippen LogP contribution in [0.2, 0.25) is 0 Å². The minimum atomic E-state index is -3.64. The number of furan rings is 1. The summed E-state index contributed by atoms with van der Waals surface area (Å²) < 4.78 is 32.0. The zero-order valence-electron chi connectivity index (χ0n) is 17.5. The van der Waals surface area contributed by atoms with Gasteiger partial charge in [-0.1, -0.05) is 0 Å². The van der Waals surface area contributed by atoms with E-state index < -0.39 is 10.0 Å². The van der Waals surface area contributed by atoms with Gasteiger partial charge in [0.2, 0.25) is 10.0 Å². The molecule has 1 aromatic carbocycles. The molecule has 0 atom stereocenters. The Bertz CT molecular complexity index is 976. The van der Waals surface area contributed by atoms with Crippen molar-refractivity contribution in [1.29, 1.82) is 0 Å². The van der Waals surface area contributed by atoms with E-state index in [4.69, 9.17) is 4.42 Å². The quantitative estimate of drug-likeness (QED) is 0.719. The molecule has 1 saturated heterocycles. The van der Waals surface area contributed by atoms with Gasteiger partial charge in [-0.05, 0) is 56.5 Å². The summed E-state index contributed by atoms with van der Waals surface area (Å²) in [5.74, 6) is 1.25. The molecule has 8 heteroatoms. The molecule has 2 heterocycles. The summed E-state index contributed by atoms with van der Waals surface area (Å²) in [6, 6.07) is 8.56. The Labute approximate surface area is 172 Å². The van der Waals surface area contributed by atoms with Crippen LogP contribution in [0.15, 0.2) is 39.6 Å². The first-order valence-corrected chi connectivity index (χ1v) is 11.3. The van der Waals surface area contributed by atoms with E-state index in [1.165, 1.54) is 26.6 Å². The van der Waals surface area contributed by atoms with Gasteiger partial charge in [-0.3, -0.25) is 4.79 Å². The van der Waals surface area contributed by atoms with Crippen molar-refractivity contribution in [1.82, 2.24) is 9.21 Å². The third-order valence-corrected chi connectivity index (χ3v) is 7.02. The fourth-order valence-corrected chi connectivity index (χ4v) is 4.48. The third kappa shape index (κ3) is 4.64. The Morgan fingerprint density at radius 3 is 2.34 bits per heavy atom. The molecule has 1 fully saturated rings. The van der Waals surface area contributed by atoms with Crippen LogP contribution in [0, 0.1) is 6.92 Å². The minimum absolute atomic E-state index is 0.119. The Morgan fingerprint density at radius 1 is 1.07 bits per heavy atom. The number of amides is 1. The van der Waals surface area contributed by atoms with Gasteiger partial charge in [-0.2, -0.15) is 0 Å². The maximum Gasteiger partial charge on any atom is 0.256 e. The Hall–Kier alpha value is -2.32. The Kier molecular flexibility index (Phi) is 6.33. The van der Waals surface area contributed by atoms with E-state index in [0.29, 0.717) is 17.9 Å². The summed E-state index contributed by atoms with van der Waals surface area (Å²) in [5, 5.41) is 0. The molecule has 0 spiro atoms. The molecular weight excluding hydrogens is 390 g/mol. The standard InChI is InChI=1S/C21H29N3O4S/c1-16-8-9-17(28-16)15-23(4)21(25)19-14-18(29(26,27)22(2)3)10-11-20(19)24-12-6-5-7-13-24/h8-11,14H,5-7,12-13,15H2,1-4H3. The lowest BCUT2D eigenvalue weighted by atomic mass is 10.1. The lowest BCUT2D eigenvalue weighted by molar-refractivity contribution is 0.0775. The molecule has 3 rings (SSSR count). The van der Waals surface area contributed by atoms with Crippen LogP contribution in [-0.2, 0) is 16.6 Å². The first-order valence-electron chi connectivity index (χ1n) is 9.82. The van der Waals surface area contributed by atoms with Gasteiger partial charge in [0.1, 0.15) is 11.5 Å². The number of hydrogen-bond donors (Lipinski definition) is 0. The van der Waals surface area contributed by atoms with E-state index in [1.807, 2.05) is 19.1 Å². The second kappa shape index (κ2) is 8.59. The summed E-state index contributed by atoms with van der Waals surface area (Å²) in [5.41, 5.74) is 1.19. The van der Waals surface area contributed by atoms with Crippen LogP contribution in [0.1, 0.15) is 41.1 Å². The number of anilines is 1. The van der Waals surface area contributed by atoms with Gasteiger partial charge in [0, 0.05) is 39.9 Å². The van der Waals surface area contributed by atoms with E-state index in [0.717, 1.165) is 41.7 Å². The number of sulfonamides is 1. The van der Waals surface area contributed by atoms with E-state index in [-0.39, 0.29) is 10.8 Å². The van der Waals surface area contributed by atoms with Gasteiger partial charge < -0.3 is 14.2 Å². The van der Waals surface area contributed by atoms with Crippen molar-refractivity contribution < 1.29 is 17.6 Å². The van der Waals surface area contributed by atoms with E-state index in [1.54, 1.807) is 24.1 Å². The first-order chi connectivity index (χ1) is 13.7. The molecule has 0 aliphatic carbocycles. The average Bonchev–Trinajstić information content (AvgIpc) is 3.12. The SMILES string of the molecule is Cc1ccc(CN(C)C(=O)c2cc(S(=O)(=O)N(C)C)ccc2N2CCCCC2)o1. The normalized spacial score (nSPS) is 15.0. The molecule has 0 saturated carbocycles. The third-order valence-electron chi connectivity index (χ3n) is 5.21. The van der Waals surface area contributed by atoms with Crippen molar-refractivity contribution in [2.45, 2.75) is 37.6 Å². The van der Waals surface area contributed by atoms with Crippen molar-refractivity contribution in [2.75, 3.05) is 39.1 Å². The Balaban J connectivity index is 1.98. The number of benzene rings is 1. The molecule has 0 radical (unpaired) electrons. The maximum absolute atomic E-state index is 13.3. The molecular formula is C21H29N3O4S. The lowest BCUT2D eigenvalue weighted by Gasteiger charge is -2.31. The molecule has 2 aromatic rings. The number of aryl methyl sites for hydroxylation is 1. The second-order valence-corrected chi connectivity index (χ2v) is 9.84. The zero-order valence-corrected chi connectivity index (χ0v) is 18.3. The number of piperidine rings is 1. The molecule has 1 aliphatic heterocycles. The highest BCUT2D eigenvalue weighted by Gasteiger charge is 2.26. The highest BCUT2D eigenvalue weighted by Crippen LogP contribution is 2.29. The van der Waals surface area contributed by atoms with Crippen LogP contribution in [0.5, 0.6) is 0 Å². The van der Waals surface area contributed by atoms with Crippen molar-refractivity contribution in [3.63, 3.8) is 0 Å². The molecule has 7 nitrogen and oxygen atoms in total. The van der Waals surface area contributed by atoms with Crippen molar-refractivity contribution in [3.05, 3.63) is 47.4 Å². The minimum Gasteiger partial charge on any atom is -0.464 e. The molecule has 1 aliphatic rings. The van der Waals surface area contributed by atoms with Gasteiger partial charge in [0.05, 0.1) is 17.0 Å². The summed E-state index contributed by atoms with van der Waals surface area (Å²) in [6.07, 6.45) is 3.30. The lowest BCUT2D eigenvalue weighted by Crippen LogP contribution is -2.33. The molecule has 158 valence electrons. The fourth-order valence-electron chi connectivity index (χ4n) is 3.55. The number of carbonyl (C=O) groups excluding carboxylic acids is 1. The summed E-state index contributed by atoms with van der Waals surface area (Å²) in [7, 11) is 1.04. The fraction of sp³-hybridized carbons (Fsp3) is 0.476. The van der Waals surface area contributed by atoms with Crippen LogP contribution in [0.4, 0.5) is 5.69 Å². The van der Waals surface area contributed by atoms with E-state index in [9.17, 15) is 13.2 Å². The average molecular weight is 420 g/mol. The zero-order chi connectivity index (χ0) is 21.2. The van der Waals surface area contributed by atoms with E-state index in [2.05, 4.69) is 4.90 Å². The van der Waals surface area contributed by atoms with Gasteiger partial charge >= 0.3 is 0 Å². The van der Waals surface area contributed by atoms with Crippen LogP contribution >= 0.6 is 0 Å². The largest absolute Gasteiger partial charge is 0.464 e. The monoisotopic (exact) mass is 419 g/mol. The van der Waals surface area contributed by atoms with Crippen LogP contribution in [0.25, 0.3) is 0 Å². The molecule has 1 amide bonds. The predicted octanol–water partition coefficient (Wildman–Crippen LogP) is 3.10. The van der Waals surface area contributed by atoms with Crippen molar-refractivity contribution in [3.8, 4) is 0 Å². The van der Waals surface area contributed by atoms with Crippen molar-refractivity contribution in [2.24, 2.45) is 0 Å². The smallest absolute Gasteiger partial charge is 0.256 e.